The van der Waals surface area contributed by atoms with Crippen LogP contribution >= 0.6 is 11.8 Å². The number of hydrogen-bond acceptors (Lipinski definition) is 5. The molecule has 2 heterocycles. The van der Waals surface area contributed by atoms with Crippen LogP contribution < -0.4 is 4.74 Å². The van der Waals surface area contributed by atoms with Crippen LogP contribution in [0.1, 0.15) is 12.0 Å². The Hall–Kier alpha value is -2.21. The number of aryl methyl sites for hydroxylation is 1. The van der Waals surface area contributed by atoms with Gasteiger partial charge in [0.1, 0.15) is 11.4 Å². The smallest absolute Gasteiger partial charge is 0.276 e. The summed E-state index contributed by atoms with van der Waals surface area (Å²) in [5.74, 6) is 2.30. The molecule has 0 amide bonds. The molecule has 0 fully saturated rings. The second-order valence-corrected chi connectivity index (χ2v) is 5.87. The SMILES string of the molecule is Cc1cccc(OCCCSc2nnc(-c3ccc[nH]3)o2)c1. The highest BCUT2D eigenvalue weighted by molar-refractivity contribution is 7.99. The summed E-state index contributed by atoms with van der Waals surface area (Å²) < 4.78 is 11.3. The van der Waals surface area contributed by atoms with Gasteiger partial charge < -0.3 is 14.1 Å². The molecule has 0 aliphatic carbocycles. The number of ether oxygens (including phenoxy) is 1. The number of nitrogens with one attached hydrogen (secondary N) is 1. The zero-order valence-corrected chi connectivity index (χ0v) is 13.1. The molecule has 1 N–H and O–H groups in total. The van der Waals surface area contributed by atoms with Gasteiger partial charge in [-0.2, -0.15) is 0 Å². The second kappa shape index (κ2) is 7.17. The Morgan fingerprint density at radius 2 is 2.18 bits per heavy atom. The van der Waals surface area contributed by atoms with Crippen molar-refractivity contribution in [1.82, 2.24) is 15.2 Å². The number of benzene rings is 1. The van der Waals surface area contributed by atoms with Crippen molar-refractivity contribution in [3.8, 4) is 17.3 Å². The first kappa shape index (κ1) is 14.7. The molecular weight excluding hydrogens is 298 g/mol. The fraction of sp³-hybridized carbons (Fsp3) is 0.250. The van der Waals surface area contributed by atoms with Gasteiger partial charge in [0.15, 0.2) is 0 Å². The van der Waals surface area contributed by atoms with Crippen molar-refractivity contribution in [2.75, 3.05) is 12.4 Å². The van der Waals surface area contributed by atoms with Gasteiger partial charge in [-0.15, -0.1) is 10.2 Å². The Labute approximate surface area is 133 Å². The maximum atomic E-state index is 5.70. The second-order valence-electron chi connectivity index (χ2n) is 4.82. The van der Waals surface area contributed by atoms with E-state index in [0.29, 0.717) is 17.7 Å². The van der Waals surface area contributed by atoms with E-state index in [1.165, 1.54) is 5.56 Å². The minimum Gasteiger partial charge on any atom is -0.494 e. The van der Waals surface area contributed by atoms with Gasteiger partial charge in [0.25, 0.3) is 11.1 Å². The highest BCUT2D eigenvalue weighted by Gasteiger charge is 2.09. The number of hydrogen-bond donors (Lipinski definition) is 1. The number of aromatic nitrogens is 3. The summed E-state index contributed by atoms with van der Waals surface area (Å²) in [7, 11) is 0. The maximum absolute atomic E-state index is 5.70. The fourth-order valence-electron chi connectivity index (χ4n) is 1.95. The van der Waals surface area contributed by atoms with Crippen molar-refractivity contribution < 1.29 is 9.15 Å². The van der Waals surface area contributed by atoms with E-state index in [-0.39, 0.29) is 0 Å². The average Bonchev–Trinajstić information content (AvgIpc) is 3.18. The molecule has 0 atom stereocenters. The van der Waals surface area contributed by atoms with Crippen LogP contribution in [0.3, 0.4) is 0 Å². The standard InChI is InChI=1S/C16H17N3O2S/c1-12-5-2-6-13(11-12)20-9-4-10-22-16-19-18-15(21-16)14-7-3-8-17-14/h2-3,5-8,11,17H,4,9-10H2,1H3. The fourth-order valence-corrected chi connectivity index (χ4v) is 2.63. The molecule has 1 aromatic carbocycles. The summed E-state index contributed by atoms with van der Waals surface area (Å²) in [6.45, 7) is 2.73. The molecular formula is C16H17N3O2S. The molecule has 5 nitrogen and oxygen atoms in total. The van der Waals surface area contributed by atoms with Crippen LogP contribution in [0.15, 0.2) is 52.2 Å². The van der Waals surface area contributed by atoms with E-state index < -0.39 is 0 Å². The lowest BCUT2D eigenvalue weighted by molar-refractivity contribution is 0.318. The van der Waals surface area contributed by atoms with Crippen LogP contribution in [-0.4, -0.2) is 27.5 Å². The predicted octanol–water partition coefficient (Wildman–Crippen LogP) is 3.93. The van der Waals surface area contributed by atoms with Crippen molar-refractivity contribution in [3.63, 3.8) is 0 Å². The Morgan fingerprint density at radius 3 is 3.00 bits per heavy atom. The van der Waals surface area contributed by atoms with E-state index in [4.69, 9.17) is 9.15 Å². The molecule has 0 radical (unpaired) electrons. The first-order chi connectivity index (χ1) is 10.8. The van der Waals surface area contributed by atoms with Gasteiger partial charge in [-0.25, -0.2) is 0 Å². The van der Waals surface area contributed by atoms with Gasteiger partial charge in [-0.05, 0) is 43.2 Å². The summed E-state index contributed by atoms with van der Waals surface area (Å²) in [6, 6.07) is 11.9. The predicted molar refractivity (Wildman–Crippen MR) is 86.1 cm³/mol. The molecule has 0 saturated carbocycles. The van der Waals surface area contributed by atoms with E-state index in [1.54, 1.807) is 11.8 Å². The van der Waals surface area contributed by atoms with Crippen molar-refractivity contribution in [2.24, 2.45) is 0 Å². The molecule has 0 spiro atoms. The topological polar surface area (TPSA) is 63.9 Å². The minimum absolute atomic E-state index is 0.517. The van der Waals surface area contributed by atoms with Gasteiger partial charge in [-0.1, -0.05) is 23.9 Å². The first-order valence-electron chi connectivity index (χ1n) is 7.11. The van der Waals surface area contributed by atoms with E-state index in [0.717, 1.165) is 23.6 Å². The Bertz CT molecular complexity index is 710. The molecule has 0 unspecified atom stereocenters. The summed E-state index contributed by atoms with van der Waals surface area (Å²) in [6.07, 6.45) is 2.74. The molecule has 0 aliphatic rings. The largest absolute Gasteiger partial charge is 0.494 e. The van der Waals surface area contributed by atoms with Crippen LogP contribution in [0, 0.1) is 6.92 Å². The lowest BCUT2D eigenvalue weighted by atomic mass is 10.2. The van der Waals surface area contributed by atoms with E-state index >= 15 is 0 Å². The number of aromatic amines is 1. The van der Waals surface area contributed by atoms with Crippen molar-refractivity contribution in [3.05, 3.63) is 48.2 Å². The van der Waals surface area contributed by atoms with Crippen LogP contribution in [0.5, 0.6) is 5.75 Å². The van der Waals surface area contributed by atoms with Gasteiger partial charge in [0.2, 0.25) is 0 Å². The monoisotopic (exact) mass is 315 g/mol. The molecule has 114 valence electrons. The lowest BCUT2D eigenvalue weighted by Crippen LogP contribution is -1.98. The average molecular weight is 315 g/mol. The number of thioether (sulfide) groups is 1. The summed E-state index contributed by atoms with van der Waals surface area (Å²) >= 11 is 1.54. The van der Waals surface area contributed by atoms with Crippen molar-refractivity contribution >= 4 is 11.8 Å². The summed E-state index contributed by atoms with van der Waals surface area (Å²) in [5.41, 5.74) is 2.04. The van der Waals surface area contributed by atoms with Gasteiger partial charge in [0.05, 0.1) is 6.61 Å². The molecule has 6 heteroatoms. The first-order valence-corrected chi connectivity index (χ1v) is 8.09. The Balaban J connectivity index is 1.40. The van der Waals surface area contributed by atoms with Gasteiger partial charge in [0, 0.05) is 11.9 Å². The zero-order valence-electron chi connectivity index (χ0n) is 12.3. The summed E-state index contributed by atoms with van der Waals surface area (Å²) in [5, 5.41) is 8.62. The molecule has 22 heavy (non-hydrogen) atoms. The van der Waals surface area contributed by atoms with Crippen LogP contribution in [0.4, 0.5) is 0 Å². The Kier molecular flexibility index (Phi) is 4.80. The van der Waals surface area contributed by atoms with Gasteiger partial charge >= 0.3 is 0 Å². The molecule has 0 saturated heterocycles. The quantitative estimate of drug-likeness (QED) is 0.528. The van der Waals surface area contributed by atoms with Crippen molar-refractivity contribution in [1.29, 1.82) is 0 Å². The zero-order chi connectivity index (χ0) is 15.2. The highest BCUT2D eigenvalue weighted by Crippen LogP contribution is 2.22. The van der Waals surface area contributed by atoms with E-state index in [2.05, 4.69) is 28.2 Å². The highest BCUT2D eigenvalue weighted by atomic mass is 32.2. The summed E-state index contributed by atoms with van der Waals surface area (Å²) in [4.78, 5) is 3.04. The van der Waals surface area contributed by atoms with Crippen LogP contribution in [0.2, 0.25) is 0 Å². The Morgan fingerprint density at radius 1 is 1.23 bits per heavy atom. The molecule has 0 bridgehead atoms. The third-order valence-corrected chi connectivity index (χ3v) is 3.91. The van der Waals surface area contributed by atoms with E-state index in [1.807, 2.05) is 36.5 Å². The number of nitrogens with zero attached hydrogens (tertiary/aromatic N) is 2. The van der Waals surface area contributed by atoms with Crippen LogP contribution in [-0.2, 0) is 0 Å². The normalized spacial score (nSPS) is 10.8. The molecule has 3 rings (SSSR count). The molecule has 2 aromatic heterocycles. The number of H-pyrrole nitrogens is 1. The van der Waals surface area contributed by atoms with E-state index in [9.17, 15) is 0 Å². The molecule has 3 aromatic rings. The van der Waals surface area contributed by atoms with Crippen molar-refractivity contribution in [2.45, 2.75) is 18.6 Å². The maximum Gasteiger partial charge on any atom is 0.276 e. The molecule has 0 aliphatic heterocycles. The minimum atomic E-state index is 0.517. The third kappa shape index (κ3) is 3.92. The van der Waals surface area contributed by atoms with Crippen LogP contribution in [0.25, 0.3) is 11.6 Å². The third-order valence-electron chi connectivity index (χ3n) is 3.01. The number of rotatable bonds is 7. The lowest BCUT2D eigenvalue weighted by Gasteiger charge is -2.05. The van der Waals surface area contributed by atoms with Gasteiger partial charge in [-0.3, -0.25) is 0 Å².